The van der Waals surface area contributed by atoms with Gasteiger partial charge >= 0.3 is 5.97 Å². The summed E-state index contributed by atoms with van der Waals surface area (Å²) in [5.74, 6) is -2.98. The second-order valence-corrected chi connectivity index (χ2v) is 13.9. The van der Waals surface area contributed by atoms with E-state index in [1.54, 1.807) is 0 Å². The van der Waals surface area contributed by atoms with E-state index < -0.39 is 36.2 Å². The van der Waals surface area contributed by atoms with Crippen LogP contribution >= 0.6 is 0 Å². The smallest absolute Gasteiger partial charge is 0.335 e. The molecule has 268 valence electrons. The number of hydrogen-bond acceptors (Lipinski definition) is 6. The maximum absolute atomic E-state index is 11.8. The van der Waals surface area contributed by atoms with Crippen molar-refractivity contribution in [2.45, 2.75) is 230 Å². The van der Waals surface area contributed by atoms with Crippen LogP contribution in [0, 0.1) is 0 Å². The molecule has 0 aromatic carbocycles. The monoisotopic (exact) mass is 643 g/mol. The number of rotatable bonds is 32. The second-order valence-electron chi connectivity index (χ2n) is 13.9. The predicted octanol–water partition coefficient (Wildman–Crippen LogP) is 9.62. The fourth-order valence-electron chi connectivity index (χ4n) is 6.68. The van der Waals surface area contributed by atoms with Gasteiger partial charge in [0.05, 0.1) is 6.61 Å². The van der Waals surface area contributed by atoms with Gasteiger partial charge in [-0.3, -0.25) is 0 Å². The van der Waals surface area contributed by atoms with Crippen molar-refractivity contribution >= 4 is 5.97 Å². The molecular formula is C38H74O7. The van der Waals surface area contributed by atoms with E-state index in [2.05, 4.69) is 13.8 Å². The Bertz CT molecular complexity index is 674. The van der Waals surface area contributed by atoms with Gasteiger partial charge < -0.3 is 29.9 Å². The van der Waals surface area contributed by atoms with E-state index in [-0.39, 0.29) is 0 Å². The molecule has 7 heteroatoms. The van der Waals surface area contributed by atoms with Gasteiger partial charge in [-0.05, 0) is 12.8 Å². The molecule has 1 aliphatic rings. The molecule has 0 aromatic rings. The molecule has 0 aliphatic carbocycles. The van der Waals surface area contributed by atoms with Crippen molar-refractivity contribution in [1.82, 2.24) is 0 Å². The number of carbonyl (C=O) groups is 1. The van der Waals surface area contributed by atoms with Crippen molar-refractivity contribution < 1.29 is 34.7 Å². The third-order valence-electron chi connectivity index (χ3n) is 9.73. The van der Waals surface area contributed by atoms with Crippen LogP contribution in [0.2, 0.25) is 0 Å². The lowest BCUT2D eigenvalue weighted by atomic mass is 9.88. The van der Waals surface area contributed by atoms with E-state index in [0.717, 1.165) is 38.5 Å². The molecule has 5 atom stereocenters. The maximum atomic E-state index is 11.8. The summed E-state index contributed by atoms with van der Waals surface area (Å²) in [6, 6.07) is 0. The summed E-state index contributed by atoms with van der Waals surface area (Å²) in [7, 11) is 0. The van der Waals surface area contributed by atoms with Crippen LogP contribution in [-0.2, 0) is 14.3 Å². The molecule has 1 rings (SSSR count). The van der Waals surface area contributed by atoms with Crippen molar-refractivity contribution in [1.29, 1.82) is 0 Å². The average Bonchev–Trinajstić information content (AvgIpc) is 3.03. The average molecular weight is 643 g/mol. The van der Waals surface area contributed by atoms with Crippen molar-refractivity contribution in [3.63, 3.8) is 0 Å². The summed E-state index contributed by atoms with van der Waals surface area (Å²) in [4.78, 5) is 11.8. The van der Waals surface area contributed by atoms with Crippen LogP contribution in [0.15, 0.2) is 0 Å². The van der Waals surface area contributed by atoms with Gasteiger partial charge in [-0.2, -0.15) is 0 Å². The Kier molecular flexibility index (Phi) is 26.6. The summed E-state index contributed by atoms with van der Waals surface area (Å²) in [6.45, 7) is 4.84. The zero-order valence-electron chi connectivity index (χ0n) is 29.5. The van der Waals surface area contributed by atoms with E-state index >= 15 is 0 Å². The maximum Gasteiger partial charge on any atom is 0.335 e. The van der Waals surface area contributed by atoms with Crippen LogP contribution in [0.1, 0.15) is 200 Å². The number of aliphatic hydroxyl groups is 3. The molecule has 4 N–H and O–H groups in total. The van der Waals surface area contributed by atoms with Crippen molar-refractivity contribution in [2.24, 2.45) is 0 Å². The Hall–Kier alpha value is -0.730. The van der Waals surface area contributed by atoms with Gasteiger partial charge in [0, 0.05) is 6.42 Å². The summed E-state index contributed by atoms with van der Waals surface area (Å²) in [5.41, 5.74) is 0. The predicted molar refractivity (Wildman–Crippen MR) is 184 cm³/mol. The molecule has 0 spiro atoms. The quantitative estimate of drug-likeness (QED) is 0.0540. The van der Waals surface area contributed by atoms with E-state index in [9.17, 15) is 25.2 Å². The van der Waals surface area contributed by atoms with Crippen molar-refractivity contribution in [3.8, 4) is 0 Å². The molecule has 0 aromatic heterocycles. The lowest BCUT2D eigenvalue weighted by molar-refractivity contribution is -0.359. The zero-order valence-corrected chi connectivity index (χ0v) is 29.5. The van der Waals surface area contributed by atoms with Gasteiger partial charge in [-0.15, -0.1) is 0 Å². The topological polar surface area (TPSA) is 116 Å². The lowest BCUT2D eigenvalue weighted by Gasteiger charge is -2.47. The Morgan fingerprint density at radius 2 is 0.867 bits per heavy atom. The highest BCUT2D eigenvalue weighted by Gasteiger charge is 2.56. The Morgan fingerprint density at radius 1 is 0.533 bits per heavy atom. The molecular weight excluding hydrogens is 568 g/mol. The van der Waals surface area contributed by atoms with E-state index in [1.165, 1.54) is 135 Å². The normalized spacial score (nSPS) is 23.5. The van der Waals surface area contributed by atoms with Gasteiger partial charge in [0.25, 0.3) is 0 Å². The minimum absolute atomic E-state index is 0.290. The molecule has 0 amide bonds. The molecule has 1 heterocycles. The second kappa shape index (κ2) is 28.3. The first-order valence-corrected chi connectivity index (χ1v) is 19.5. The van der Waals surface area contributed by atoms with Crippen LogP contribution in [-0.4, -0.2) is 63.2 Å². The third-order valence-corrected chi connectivity index (χ3v) is 9.73. The highest BCUT2D eigenvalue weighted by molar-refractivity contribution is 5.73. The SMILES string of the molecule is CCCCCCCCCCCCCCCCOC1(CCCCCCCCCCCCCCCC)O[C@H](C(=O)O)[C@H](O)[C@H](O)[C@H]1O. The number of carboxylic acid groups (broad SMARTS) is 1. The number of aliphatic hydroxyl groups excluding tert-OH is 3. The molecule has 1 aliphatic heterocycles. The fourth-order valence-corrected chi connectivity index (χ4v) is 6.68. The molecule has 1 fully saturated rings. The highest BCUT2D eigenvalue weighted by Crippen LogP contribution is 2.36. The van der Waals surface area contributed by atoms with E-state index in [0.29, 0.717) is 19.4 Å². The molecule has 0 bridgehead atoms. The summed E-state index contributed by atoms with van der Waals surface area (Å²) >= 11 is 0. The third kappa shape index (κ3) is 19.6. The zero-order chi connectivity index (χ0) is 33.0. The minimum Gasteiger partial charge on any atom is -0.479 e. The Labute approximate surface area is 277 Å². The first-order chi connectivity index (χ1) is 21.9. The van der Waals surface area contributed by atoms with Crippen LogP contribution in [0.3, 0.4) is 0 Å². The van der Waals surface area contributed by atoms with Gasteiger partial charge in [0.2, 0.25) is 0 Å². The van der Waals surface area contributed by atoms with Crippen LogP contribution in [0.4, 0.5) is 0 Å². The number of unbranched alkanes of at least 4 members (excludes halogenated alkanes) is 26. The Balaban J connectivity index is 2.30. The molecule has 0 saturated carbocycles. The number of aliphatic carboxylic acids is 1. The van der Waals surface area contributed by atoms with Gasteiger partial charge in [0.15, 0.2) is 11.9 Å². The van der Waals surface area contributed by atoms with Gasteiger partial charge in [-0.25, -0.2) is 4.79 Å². The van der Waals surface area contributed by atoms with Crippen molar-refractivity contribution in [2.75, 3.05) is 6.61 Å². The fraction of sp³-hybridized carbons (Fsp3) is 0.974. The van der Waals surface area contributed by atoms with Crippen LogP contribution in [0.5, 0.6) is 0 Å². The number of carboxylic acids is 1. The highest BCUT2D eigenvalue weighted by atomic mass is 16.7. The number of ether oxygens (including phenoxy) is 2. The molecule has 7 nitrogen and oxygen atoms in total. The minimum atomic E-state index is -1.70. The van der Waals surface area contributed by atoms with Gasteiger partial charge in [-0.1, -0.05) is 181 Å². The first kappa shape index (κ1) is 42.3. The largest absolute Gasteiger partial charge is 0.479 e. The molecule has 45 heavy (non-hydrogen) atoms. The number of hydrogen-bond donors (Lipinski definition) is 4. The summed E-state index contributed by atoms with van der Waals surface area (Å²) in [6.07, 6.45) is 28.4. The first-order valence-electron chi connectivity index (χ1n) is 19.5. The van der Waals surface area contributed by atoms with Crippen molar-refractivity contribution in [3.05, 3.63) is 0 Å². The molecule has 1 saturated heterocycles. The van der Waals surface area contributed by atoms with E-state index in [1.807, 2.05) is 0 Å². The standard InChI is InChI=1S/C38H74O7/c1-3-5-7-9-11-13-15-17-19-21-23-25-27-29-31-38(36(41)34(40)33(39)35(45-38)37(42)43)44-32-30-28-26-24-22-20-18-16-14-12-10-8-6-4-2/h33-36,39-41H,3-32H2,1-2H3,(H,42,43)/t33-,34+,35+,36-,38?/m1/s1. The Morgan fingerprint density at radius 3 is 1.22 bits per heavy atom. The van der Waals surface area contributed by atoms with Crippen LogP contribution in [0.25, 0.3) is 0 Å². The lowest BCUT2D eigenvalue weighted by Crippen LogP contribution is -2.67. The summed E-state index contributed by atoms with van der Waals surface area (Å²) in [5, 5.41) is 41.3. The summed E-state index contributed by atoms with van der Waals surface area (Å²) < 4.78 is 11.9. The van der Waals surface area contributed by atoms with Gasteiger partial charge in [0.1, 0.15) is 18.3 Å². The molecule has 1 unspecified atom stereocenters. The van der Waals surface area contributed by atoms with E-state index in [4.69, 9.17) is 9.47 Å². The molecule has 0 radical (unpaired) electrons. The van der Waals surface area contributed by atoms with Crippen LogP contribution < -0.4 is 0 Å².